The molecule has 1 heterocycles. The second kappa shape index (κ2) is 6.66. The lowest BCUT2D eigenvalue weighted by Gasteiger charge is -2.30. The Morgan fingerprint density at radius 3 is 2.20 bits per heavy atom. The SMILES string of the molecule is COC(=O)C(C(C)C)N1CSCCSC1. The van der Waals surface area contributed by atoms with Crippen LogP contribution in [0, 0.1) is 5.92 Å². The van der Waals surface area contributed by atoms with Crippen molar-refractivity contribution in [3.63, 3.8) is 0 Å². The fraction of sp³-hybridized carbons (Fsp3) is 0.900. The van der Waals surface area contributed by atoms with E-state index in [1.165, 1.54) is 18.6 Å². The summed E-state index contributed by atoms with van der Waals surface area (Å²) in [5.41, 5.74) is 0. The molecule has 1 atom stereocenters. The molecule has 0 spiro atoms. The summed E-state index contributed by atoms with van der Waals surface area (Å²) in [4.78, 5) is 13.9. The number of esters is 1. The van der Waals surface area contributed by atoms with Crippen LogP contribution in [0.4, 0.5) is 0 Å². The molecule has 0 N–H and O–H groups in total. The fourth-order valence-corrected chi connectivity index (χ4v) is 3.93. The van der Waals surface area contributed by atoms with Gasteiger partial charge in [0.1, 0.15) is 6.04 Å². The van der Waals surface area contributed by atoms with Gasteiger partial charge in [0.25, 0.3) is 0 Å². The summed E-state index contributed by atoms with van der Waals surface area (Å²) in [6, 6.07) is -0.0897. The van der Waals surface area contributed by atoms with Crippen LogP contribution in [0.3, 0.4) is 0 Å². The zero-order chi connectivity index (χ0) is 11.3. The molecule has 1 aliphatic rings. The van der Waals surface area contributed by atoms with E-state index in [0.29, 0.717) is 5.92 Å². The molecule has 5 heteroatoms. The highest BCUT2D eigenvalue weighted by Crippen LogP contribution is 2.23. The number of rotatable bonds is 3. The largest absolute Gasteiger partial charge is 0.468 e. The van der Waals surface area contributed by atoms with E-state index in [1.54, 1.807) is 0 Å². The third-order valence-electron chi connectivity index (χ3n) is 2.35. The third-order valence-corrected chi connectivity index (χ3v) is 4.63. The Hall–Kier alpha value is 0.130. The molecule has 0 aliphatic carbocycles. The van der Waals surface area contributed by atoms with Crippen molar-refractivity contribution in [1.29, 1.82) is 0 Å². The zero-order valence-corrected chi connectivity index (χ0v) is 11.2. The molecule has 0 bridgehead atoms. The average Bonchev–Trinajstić information content (AvgIpc) is 2.46. The molecule has 0 aromatic rings. The van der Waals surface area contributed by atoms with Crippen LogP contribution < -0.4 is 0 Å². The Bertz CT molecular complexity index is 204. The van der Waals surface area contributed by atoms with Gasteiger partial charge >= 0.3 is 5.97 Å². The van der Waals surface area contributed by atoms with Crippen LogP contribution in [0.15, 0.2) is 0 Å². The number of nitrogens with zero attached hydrogens (tertiary/aromatic N) is 1. The molecule has 1 rings (SSSR count). The normalized spacial score (nSPS) is 21.1. The Kier molecular flexibility index (Phi) is 5.86. The summed E-state index contributed by atoms with van der Waals surface area (Å²) in [5.74, 6) is 4.42. The minimum atomic E-state index is -0.104. The molecule has 15 heavy (non-hydrogen) atoms. The van der Waals surface area contributed by atoms with Gasteiger partial charge in [-0.3, -0.25) is 9.69 Å². The van der Waals surface area contributed by atoms with Crippen LogP contribution in [-0.4, -0.2) is 47.3 Å². The van der Waals surface area contributed by atoms with Gasteiger partial charge in [0.2, 0.25) is 0 Å². The van der Waals surface area contributed by atoms with Gasteiger partial charge in [-0.05, 0) is 5.92 Å². The lowest BCUT2D eigenvalue weighted by atomic mass is 10.0. The summed E-state index contributed by atoms with van der Waals surface area (Å²) in [6.45, 7) is 4.14. The molecule has 1 fully saturated rings. The fourth-order valence-electron chi connectivity index (χ4n) is 1.64. The van der Waals surface area contributed by atoms with Crippen LogP contribution in [0.25, 0.3) is 0 Å². The number of hydrogen-bond acceptors (Lipinski definition) is 5. The highest BCUT2D eigenvalue weighted by Gasteiger charge is 2.30. The summed E-state index contributed by atoms with van der Waals surface area (Å²) in [7, 11) is 1.47. The van der Waals surface area contributed by atoms with E-state index in [-0.39, 0.29) is 12.0 Å². The van der Waals surface area contributed by atoms with Gasteiger partial charge in [-0.2, -0.15) is 0 Å². The van der Waals surface area contributed by atoms with Crippen molar-refractivity contribution < 1.29 is 9.53 Å². The van der Waals surface area contributed by atoms with Crippen molar-refractivity contribution in [2.75, 3.05) is 30.4 Å². The highest BCUT2D eigenvalue weighted by molar-refractivity contribution is 8.03. The quantitative estimate of drug-likeness (QED) is 0.713. The molecule has 1 saturated heterocycles. The molecule has 1 aliphatic heterocycles. The number of carbonyl (C=O) groups excluding carboxylic acids is 1. The molecule has 0 saturated carbocycles. The van der Waals surface area contributed by atoms with Gasteiger partial charge in [0, 0.05) is 23.3 Å². The smallest absolute Gasteiger partial charge is 0.323 e. The Balaban J connectivity index is 2.64. The van der Waals surface area contributed by atoms with Gasteiger partial charge in [-0.15, -0.1) is 23.5 Å². The highest BCUT2D eigenvalue weighted by atomic mass is 32.2. The predicted molar refractivity (Wildman–Crippen MR) is 67.1 cm³/mol. The van der Waals surface area contributed by atoms with Crippen molar-refractivity contribution in [2.24, 2.45) is 5.92 Å². The molecule has 0 amide bonds. The van der Waals surface area contributed by atoms with E-state index in [4.69, 9.17) is 4.74 Å². The first kappa shape index (κ1) is 13.2. The number of ether oxygens (including phenoxy) is 1. The Morgan fingerprint density at radius 1 is 1.27 bits per heavy atom. The standard InChI is InChI=1S/C10H19NO2S2/c1-8(2)9(10(12)13-3)11-6-14-4-5-15-7-11/h8-9H,4-7H2,1-3H3. The molecule has 88 valence electrons. The monoisotopic (exact) mass is 249 g/mol. The first-order valence-electron chi connectivity index (χ1n) is 5.14. The number of carbonyl (C=O) groups is 1. The van der Waals surface area contributed by atoms with E-state index in [9.17, 15) is 4.79 Å². The van der Waals surface area contributed by atoms with Gasteiger partial charge in [0.15, 0.2) is 0 Å². The first-order chi connectivity index (χ1) is 7.16. The average molecular weight is 249 g/mol. The Labute approximate surface area is 100 Å². The second-order valence-corrected chi connectivity index (χ2v) is 6.02. The van der Waals surface area contributed by atoms with E-state index < -0.39 is 0 Å². The molecule has 0 radical (unpaired) electrons. The van der Waals surface area contributed by atoms with Crippen molar-refractivity contribution in [2.45, 2.75) is 19.9 Å². The number of hydrogen-bond donors (Lipinski definition) is 0. The van der Waals surface area contributed by atoms with Crippen LogP contribution >= 0.6 is 23.5 Å². The van der Waals surface area contributed by atoms with E-state index in [1.807, 2.05) is 23.5 Å². The van der Waals surface area contributed by atoms with Crippen molar-refractivity contribution in [3.05, 3.63) is 0 Å². The maximum Gasteiger partial charge on any atom is 0.323 e. The van der Waals surface area contributed by atoms with Crippen molar-refractivity contribution in [3.8, 4) is 0 Å². The maximum atomic E-state index is 11.7. The molecule has 0 aromatic carbocycles. The molecular weight excluding hydrogens is 230 g/mol. The second-order valence-electron chi connectivity index (χ2n) is 3.88. The molecular formula is C10H19NO2S2. The molecule has 1 unspecified atom stereocenters. The van der Waals surface area contributed by atoms with Crippen LogP contribution in [-0.2, 0) is 9.53 Å². The zero-order valence-electron chi connectivity index (χ0n) is 9.56. The van der Waals surface area contributed by atoms with E-state index in [2.05, 4.69) is 18.7 Å². The van der Waals surface area contributed by atoms with Gasteiger partial charge < -0.3 is 4.74 Å². The van der Waals surface area contributed by atoms with Gasteiger partial charge in [0.05, 0.1) is 7.11 Å². The van der Waals surface area contributed by atoms with Crippen molar-refractivity contribution in [1.82, 2.24) is 4.90 Å². The summed E-state index contributed by atoms with van der Waals surface area (Å²) in [5, 5.41) is 0. The maximum absolute atomic E-state index is 11.7. The number of methoxy groups -OCH3 is 1. The van der Waals surface area contributed by atoms with Crippen LogP contribution in [0.2, 0.25) is 0 Å². The summed E-state index contributed by atoms with van der Waals surface area (Å²) < 4.78 is 4.87. The summed E-state index contributed by atoms with van der Waals surface area (Å²) in [6.07, 6.45) is 0. The first-order valence-corrected chi connectivity index (χ1v) is 7.45. The van der Waals surface area contributed by atoms with Crippen LogP contribution in [0.1, 0.15) is 13.8 Å². The molecule has 0 aromatic heterocycles. The van der Waals surface area contributed by atoms with Gasteiger partial charge in [-0.25, -0.2) is 0 Å². The lowest BCUT2D eigenvalue weighted by molar-refractivity contribution is -0.147. The minimum absolute atomic E-state index is 0.0897. The van der Waals surface area contributed by atoms with E-state index in [0.717, 1.165) is 11.8 Å². The summed E-state index contributed by atoms with van der Waals surface area (Å²) >= 11 is 3.79. The van der Waals surface area contributed by atoms with Crippen LogP contribution in [0.5, 0.6) is 0 Å². The van der Waals surface area contributed by atoms with Gasteiger partial charge in [-0.1, -0.05) is 13.8 Å². The van der Waals surface area contributed by atoms with E-state index >= 15 is 0 Å². The minimum Gasteiger partial charge on any atom is -0.468 e. The number of thioether (sulfide) groups is 2. The molecule has 3 nitrogen and oxygen atoms in total. The Morgan fingerprint density at radius 2 is 1.80 bits per heavy atom. The third kappa shape index (κ3) is 3.89. The topological polar surface area (TPSA) is 29.5 Å². The van der Waals surface area contributed by atoms with Crippen molar-refractivity contribution >= 4 is 29.5 Å². The lowest BCUT2D eigenvalue weighted by Crippen LogP contribution is -2.44. The predicted octanol–water partition coefficient (Wildman–Crippen LogP) is 1.88.